The normalized spacial score (nSPS) is 22.2. The van der Waals surface area contributed by atoms with Crippen molar-refractivity contribution >= 4 is 0 Å². The van der Waals surface area contributed by atoms with Crippen molar-refractivity contribution in [3.05, 3.63) is 35.9 Å². The van der Waals surface area contributed by atoms with Gasteiger partial charge in [0.05, 0.1) is 6.61 Å². The topological polar surface area (TPSA) is 35.2 Å². The van der Waals surface area contributed by atoms with Crippen LogP contribution in [0.5, 0.6) is 0 Å². The molecule has 1 aromatic rings. The Balaban J connectivity index is 1.67. The summed E-state index contributed by atoms with van der Waals surface area (Å²) >= 11 is 0. The summed E-state index contributed by atoms with van der Waals surface area (Å²) in [5.41, 5.74) is 7.58. The highest BCUT2D eigenvalue weighted by Gasteiger charge is 2.21. The van der Waals surface area contributed by atoms with Crippen molar-refractivity contribution in [2.24, 2.45) is 11.7 Å². The maximum atomic E-state index is 6.16. The standard InChI is InChI=1S/C14H21NO/c15-14(13-9-10-16-11-13)8-4-7-12-5-2-1-3-6-12/h1-3,5-6,13-14H,4,7-11,15H2. The fourth-order valence-corrected chi connectivity index (χ4v) is 2.31. The first kappa shape index (κ1) is 11.6. The largest absolute Gasteiger partial charge is 0.381 e. The fraction of sp³-hybridized carbons (Fsp3) is 0.571. The third-order valence-electron chi connectivity index (χ3n) is 3.42. The number of rotatable bonds is 5. The second-order valence-electron chi connectivity index (χ2n) is 4.67. The van der Waals surface area contributed by atoms with E-state index in [0.29, 0.717) is 12.0 Å². The third-order valence-corrected chi connectivity index (χ3v) is 3.42. The number of benzene rings is 1. The van der Waals surface area contributed by atoms with Crippen LogP contribution in [0, 0.1) is 5.92 Å². The minimum absolute atomic E-state index is 0.325. The number of ether oxygens (including phenoxy) is 1. The third kappa shape index (κ3) is 3.32. The molecular formula is C14H21NO. The summed E-state index contributed by atoms with van der Waals surface area (Å²) in [6.07, 6.45) is 4.58. The van der Waals surface area contributed by atoms with Gasteiger partial charge in [0.25, 0.3) is 0 Å². The molecule has 1 aliphatic heterocycles. The van der Waals surface area contributed by atoms with Crippen LogP contribution >= 0.6 is 0 Å². The van der Waals surface area contributed by atoms with Crippen LogP contribution < -0.4 is 5.73 Å². The molecule has 2 atom stereocenters. The van der Waals surface area contributed by atoms with Crippen LogP contribution in [0.1, 0.15) is 24.8 Å². The zero-order chi connectivity index (χ0) is 11.2. The van der Waals surface area contributed by atoms with E-state index in [9.17, 15) is 0 Å². The van der Waals surface area contributed by atoms with Gasteiger partial charge in [-0.25, -0.2) is 0 Å². The Morgan fingerprint density at radius 1 is 1.31 bits per heavy atom. The van der Waals surface area contributed by atoms with Gasteiger partial charge >= 0.3 is 0 Å². The molecule has 0 aliphatic carbocycles. The Morgan fingerprint density at radius 3 is 2.81 bits per heavy atom. The molecule has 0 aromatic heterocycles. The summed E-state index contributed by atoms with van der Waals surface area (Å²) in [6.45, 7) is 1.77. The number of hydrogen-bond acceptors (Lipinski definition) is 2. The quantitative estimate of drug-likeness (QED) is 0.825. The molecule has 1 heterocycles. The summed E-state index contributed by atoms with van der Waals surface area (Å²) in [5.74, 6) is 0.593. The second kappa shape index (κ2) is 6.02. The molecule has 0 amide bonds. The Hall–Kier alpha value is -0.860. The maximum Gasteiger partial charge on any atom is 0.0509 e. The lowest BCUT2D eigenvalue weighted by atomic mass is 9.94. The summed E-state index contributed by atoms with van der Waals surface area (Å²) in [4.78, 5) is 0. The zero-order valence-corrected chi connectivity index (χ0v) is 9.77. The molecule has 0 saturated carbocycles. The van der Waals surface area contributed by atoms with E-state index in [0.717, 1.165) is 32.5 Å². The smallest absolute Gasteiger partial charge is 0.0509 e. The van der Waals surface area contributed by atoms with Gasteiger partial charge in [0.15, 0.2) is 0 Å². The van der Waals surface area contributed by atoms with E-state index in [-0.39, 0.29) is 0 Å². The highest BCUT2D eigenvalue weighted by Crippen LogP contribution is 2.19. The van der Waals surface area contributed by atoms with E-state index in [2.05, 4.69) is 30.3 Å². The molecule has 0 radical (unpaired) electrons. The molecule has 1 fully saturated rings. The molecule has 88 valence electrons. The van der Waals surface area contributed by atoms with Crippen LogP contribution in [0.15, 0.2) is 30.3 Å². The number of aryl methyl sites for hydroxylation is 1. The van der Waals surface area contributed by atoms with Crippen molar-refractivity contribution in [1.29, 1.82) is 0 Å². The zero-order valence-electron chi connectivity index (χ0n) is 9.77. The molecule has 2 heteroatoms. The van der Waals surface area contributed by atoms with Gasteiger partial charge in [-0.05, 0) is 37.2 Å². The predicted octanol–water partition coefficient (Wildman–Crippen LogP) is 2.37. The van der Waals surface area contributed by atoms with Gasteiger partial charge in [0.2, 0.25) is 0 Å². The van der Waals surface area contributed by atoms with Crippen molar-refractivity contribution < 1.29 is 4.74 Å². The van der Waals surface area contributed by atoms with Gasteiger partial charge in [-0.3, -0.25) is 0 Å². The van der Waals surface area contributed by atoms with E-state index < -0.39 is 0 Å². The SMILES string of the molecule is NC(CCCc1ccccc1)C1CCOC1. The highest BCUT2D eigenvalue weighted by atomic mass is 16.5. The minimum atomic E-state index is 0.325. The number of hydrogen-bond donors (Lipinski definition) is 1. The number of nitrogens with two attached hydrogens (primary N) is 1. The summed E-state index contributed by atoms with van der Waals surface area (Å²) in [6, 6.07) is 10.9. The second-order valence-corrected chi connectivity index (χ2v) is 4.67. The molecule has 1 aromatic carbocycles. The Kier molecular flexibility index (Phi) is 4.37. The first-order valence-electron chi connectivity index (χ1n) is 6.23. The van der Waals surface area contributed by atoms with Crippen LogP contribution in [0.2, 0.25) is 0 Å². The Bertz CT molecular complexity index is 293. The summed E-state index contributed by atoms with van der Waals surface area (Å²) in [5, 5.41) is 0. The Labute approximate surface area is 97.8 Å². The lowest BCUT2D eigenvalue weighted by Crippen LogP contribution is -2.30. The van der Waals surface area contributed by atoms with Crippen LogP contribution in [0.3, 0.4) is 0 Å². The van der Waals surface area contributed by atoms with Gasteiger partial charge in [-0.1, -0.05) is 30.3 Å². The van der Waals surface area contributed by atoms with Gasteiger partial charge in [0, 0.05) is 12.6 Å². The highest BCUT2D eigenvalue weighted by molar-refractivity contribution is 5.14. The molecule has 1 aliphatic rings. The maximum absolute atomic E-state index is 6.16. The van der Waals surface area contributed by atoms with Gasteiger partial charge < -0.3 is 10.5 Å². The molecule has 0 bridgehead atoms. The average Bonchev–Trinajstić information content (AvgIpc) is 2.84. The fourth-order valence-electron chi connectivity index (χ4n) is 2.31. The van der Waals surface area contributed by atoms with E-state index in [1.54, 1.807) is 0 Å². The molecule has 2 nitrogen and oxygen atoms in total. The molecular weight excluding hydrogens is 198 g/mol. The van der Waals surface area contributed by atoms with Gasteiger partial charge in [0.1, 0.15) is 0 Å². The molecule has 16 heavy (non-hydrogen) atoms. The predicted molar refractivity (Wildman–Crippen MR) is 66.3 cm³/mol. The lowest BCUT2D eigenvalue weighted by Gasteiger charge is -2.17. The molecule has 2 N–H and O–H groups in total. The molecule has 0 spiro atoms. The van der Waals surface area contributed by atoms with Crippen LogP contribution in [-0.4, -0.2) is 19.3 Å². The van der Waals surface area contributed by atoms with Crippen molar-refractivity contribution in [3.63, 3.8) is 0 Å². The molecule has 2 unspecified atom stereocenters. The van der Waals surface area contributed by atoms with Gasteiger partial charge in [-0.15, -0.1) is 0 Å². The molecule has 2 rings (SSSR count). The van der Waals surface area contributed by atoms with E-state index in [1.807, 2.05) is 0 Å². The summed E-state index contributed by atoms with van der Waals surface area (Å²) in [7, 11) is 0. The Morgan fingerprint density at radius 2 is 2.12 bits per heavy atom. The molecule has 1 saturated heterocycles. The first-order chi connectivity index (χ1) is 7.86. The summed E-state index contributed by atoms with van der Waals surface area (Å²) < 4.78 is 5.36. The van der Waals surface area contributed by atoms with Crippen LogP contribution in [-0.2, 0) is 11.2 Å². The average molecular weight is 219 g/mol. The monoisotopic (exact) mass is 219 g/mol. The van der Waals surface area contributed by atoms with Crippen LogP contribution in [0.4, 0.5) is 0 Å². The van der Waals surface area contributed by atoms with Crippen molar-refractivity contribution in [3.8, 4) is 0 Å². The van der Waals surface area contributed by atoms with Crippen molar-refractivity contribution in [2.45, 2.75) is 31.7 Å². The lowest BCUT2D eigenvalue weighted by molar-refractivity contribution is 0.179. The first-order valence-corrected chi connectivity index (χ1v) is 6.23. The van der Waals surface area contributed by atoms with E-state index in [4.69, 9.17) is 10.5 Å². The van der Waals surface area contributed by atoms with Crippen molar-refractivity contribution in [2.75, 3.05) is 13.2 Å². The van der Waals surface area contributed by atoms with E-state index in [1.165, 1.54) is 12.0 Å². The van der Waals surface area contributed by atoms with Gasteiger partial charge in [-0.2, -0.15) is 0 Å². The van der Waals surface area contributed by atoms with E-state index >= 15 is 0 Å². The van der Waals surface area contributed by atoms with Crippen LogP contribution in [0.25, 0.3) is 0 Å². The van der Waals surface area contributed by atoms with Crippen molar-refractivity contribution in [1.82, 2.24) is 0 Å². The minimum Gasteiger partial charge on any atom is -0.381 e.